The minimum atomic E-state index is -4.33. The Kier molecular flexibility index (Phi) is 4.36. The standard InChI is InChI=1S/C15H13FN2O6S2/c1-25(20,21)11-6-12-15(24-8-14(19)17-12)13(7-11)26(22,23)18-10-4-2-3-9(16)5-10/h2-7,18H,8H2,1H3,(H,17,19). The molecule has 3 rings (SSSR count). The van der Waals surface area contributed by atoms with E-state index in [9.17, 15) is 26.0 Å². The van der Waals surface area contributed by atoms with E-state index in [1.165, 1.54) is 12.1 Å². The normalized spacial score (nSPS) is 14.2. The minimum absolute atomic E-state index is 0.0525. The van der Waals surface area contributed by atoms with Crippen LogP contribution in [0.5, 0.6) is 5.75 Å². The summed E-state index contributed by atoms with van der Waals surface area (Å²) in [5.41, 5.74) is -0.132. The molecule has 0 aliphatic carbocycles. The van der Waals surface area contributed by atoms with Crippen LogP contribution < -0.4 is 14.8 Å². The number of nitrogens with one attached hydrogen (secondary N) is 2. The predicted octanol–water partition coefficient (Wildman–Crippen LogP) is 1.36. The Morgan fingerprint density at radius 2 is 1.88 bits per heavy atom. The second-order valence-electron chi connectivity index (χ2n) is 5.52. The van der Waals surface area contributed by atoms with Gasteiger partial charge in [-0.15, -0.1) is 0 Å². The fourth-order valence-corrected chi connectivity index (χ4v) is 4.30. The first-order chi connectivity index (χ1) is 12.1. The summed E-state index contributed by atoms with van der Waals surface area (Å²) in [6.45, 7) is -0.423. The molecule has 0 unspecified atom stereocenters. The maximum atomic E-state index is 13.3. The van der Waals surface area contributed by atoms with Crippen LogP contribution in [0.3, 0.4) is 0 Å². The Labute approximate surface area is 149 Å². The minimum Gasteiger partial charge on any atom is -0.480 e. The van der Waals surface area contributed by atoms with Crippen molar-refractivity contribution in [3.8, 4) is 5.75 Å². The number of carbonyl (C=O) groups is 1. The molecule has 0 radical (unpaired) electrons. The molecule has 2 aromatic carbocycles. The molecule has 0 saturated heterocycles. The van der Waals surface area contributed by atoms with Gasteiger partial charge in [0.05, 0.1) is 16.3 Å². The number of halogens is 1. The summed E-state index contributed by atoms with van der Waals surface area (Å²) in [6, 6.07) is 6.79. The Morgan fingerprint density at radius 3 is 2.54 bits per heavy atom. The van der Waals surface area contributed by atoms with Crippen molar-refractivity contribution >= 4 is 37.1 Å². The van der Waals surface area contributed by atoms with E-state index in [1.54, 1.807) is 0 Å². The van der Waals surface area contributed by atoms with Crippen molar-refractivity contribution in [1.82, 2.24) is 0 Å². The van der Waals surface area contributed by atoms with E-state index in [-0.39, 0.29) is 22.0 Å². The van der Waals surface area contributed by atoms with E-state index in [0.717, 1.165) is 30.5 Å². The van der Waals surface area contributed by atoms with Gasteiger partial charge in [-0.1, -0.05) is 6.07 Å². The molecule has 0 aromatic heterocycles. The van der Waals surface area contributed by atoms with Gasteiger partial charge in [0.15, 0.2) is 22.2 Å². The van der Waals surface area contributed by atoms with Crippen LogP contribution in [0.15, 0.2) is 46.2 Å². The van der Waals surface area contributed by atoms with Crippen molar-refractivity contribution in [3.63, 3.8) is 0 Å². The summed E-state index contributed by atoms with van der Waals surface area (Å²) in [4.78, 5) is 10.7. The van der Waals surface area contributed by atoms with Gasteiger partial charge in [0, 0.05) is 6.26 Å². The number of ether oxygens (including phenoxy) is 1. The fourth-order valence-electron chi connectivity index (χ4n) is 2.32. The number of benzene rings is 2. The average Bonchev–Trinajstić information content (AvgIpc) is 2.52. The molecule has 2 N–H and O–H groups in total. The lowest BCUT2D eigenvalue weighted by molar-refractivity contribution is -0.118. The number of hydrogen-bond donors (Lipinski definition) is 2. The topological polar surface area (TPSA) is 119 Å². The van der Waals surface area contributed by atoms with Crippen LogP contribution in [0, 0.1) is 5.82 Å². The second-order valence-corrected chi connectivity index (χ2v) is 9.19. The monoisotopic (exact) mass is 400 g/mol. The van der Waals surface area contributed by atoms with Gasteiger partial charge in [-0.2, -0.15) is 0 Å². The van der Waals surface area contributed by atoms with E-state index < -0.39 is 43.1 Å². The molecule has 11 heteroatoms. The first-order valence-corrected chi connectivity index (χ1v) is 10.5. The molecule has 1 amide bonds. The highest BCUT2D eigenvalue weighted by atomic mass is 32.2. The largest absolute Gasteiger partial charge is 0.480 e. The molecular formula is C15H13FN2O6S2. The lowest BCUT2D eigenvalue weighted by Gasteiger charge is -2.22. The summed E-state index contributed by atoms with van der Waals surface area (Å²) in [7, 11) is -8.10. The van der Waals surface area contributed by atoms with Gasteiger partial charge in [-0.3, -0.25) is 9.52 Å². The molecule has 1 heterocycles. The van der Waals surface area contributed by atoms with Crippen LogP contribution in [-0.2, 0) is 24.7 Å². The van der Waals surface area contributed by atoms with Crippen LogP contribution in [0.2, 0.25) is 0 Å². The molecule has 0 bridgehead atoms. The molecule has 138 valence electrons. The van der Waals surface area contributed by atoms with Crippen molar-refractivity contribution in [2.24, 2.45) is 0 Å². The molecule has 26 heavy (non-hydrogen) atoms. The van der Waals surface area contributed by atoms with Crippen LogP contribution in [-0.4, -0.2) is 35.6 Å². The molecule has 1 aliphatic heterocycles. The lowest BCUT2D eigenvalue weighted by Crippen LogP contribution is -2.27. The van der Waals surface area contributed by atoms with Crippen LogP contribution >= 0.6 is 0 Å². The van der Waals surface area contributed by atoms with E-state index in [2.05, 4.69) is 10.0 Å². The Balaban J connectivity index is 2.16. The van der Waals surface area contributed by atoms with Crippen LogP contribution in [0.25, 0.3) is 0 Å². The van der Waals surface area contributed by atoms with Gasteiger partial charge >= 0.3 is 0 Å². The van der Waals surface area contributed by atoms with Crippen molar-refractivity contribution in [1.29, 1.82) is 0 Å². The molecule has 2 aromatic rings. The zero-order valence-corrected chi connectivity index (χ0v) is 14.9. The molecule has 0 fully saturated rings. The number of sulfone groups is 1. The summed E-state index contributed by atoms with van der Waals surface area (Å²) in [5.74, 6) is -1.40. The molecule has 1 aliphatic rings. The number of hydrogen-bond acceptors (Lipinski definition) is 6. The van der Waals surface area contributed by atoms with Crippen molar-refractivity contribution in [2.45, 2.75) is 9.79 Å². The molecule has 0 saturated carbocycles. The number of anilines is 2. The molecule has 8 nitrogen and oxygen atoms in total. The van der Waals surface area contributed by atoms with Gasteiger partial charge < -0.3 is 10.1 Å². The summed E-state index contributed by atoms with van der Waals surface area (Å²) >= 11 is 0. The van der Waals surface area contributed by atoms with Gasteiger partial charge in [-0.25, -0.2) is 21.2 Å². The second kappa shape index (κ2) is 6.25. The Hall–Kier alpha value is -2.66. The predicted molar refractivity (Wildman–Crippen MR) is 90.9 cm³/mol. The lowest BCUT2D eigenvalue weighted by atomic mass is 10.2. The van der Waals surface area contributed by atoms with Crippen LogP contribution in [0.4, 0.5) is 15.8 Å². The number of rotatable bonds is 4. The number of carbonyl (C=O) groups excluding carboxylic acids is 1. The maximum absolute atomic E-state index is 13.3. The Bertz CT molecular complexity index is 1110. The zero-order chi connectivity index (χ0) is 19.1. The fraction of sp³-hybridized carbons (Fsp3) is 0.133. The maximum Gasteiger partial charge on any atom is 0.265 e. The third-order valence-corrected chi connectivity index (χ3v) is 5.92. The van der Waals surface area contributed by atoms with E-state index in [0.29, 0.717) is 0 Å². The van der Waals surface area contributed by atoms with E-state index in [1.807, 2.05) is 0 Å². The van der Waals surface area contributed by atoms with Gasteiger partial charge in [0.2, 0.25) is 0 Å². The smallest absolute Gasteiger partial charge is 0.265 e. The highest BCUT2D eigenvalue weighted by molar-refractivity contribution is 7.93. The van der Waals surface area contributed by atoms with Gasteiger partial charge in [0.25, 0.3) is 15.9 Å². The number of sulfonamides is 1. The van der Waals surface area contributed by atoms with E-state index >= 15 is 0 Å². The highest BCUT2D eigenvalue weighted by Gasteiger charge is 2.29. The summed E-state index contributed by atoms with van der Waals surface area (Å²) in [6.07, 6.45) is 0.899. The number of amides is 1. The van der Waals surface area contributed by atoms with Gasteiger partial charge in [0.1, 0.15) is 10.7 Å². The first-order valence-electron chi connectivity index (χ1n) is 7.15. The highest BCUT2D eigenvalue weighted by Crippen LogP contribution is 2.38. The first kappa shape index (κ1) is 18.1. The third kappa shape index (κ3) is 3.63. The average molecular weight is 400 g/mol. The van der Waals surface area contributed by atoms with Crippen LogP contribution in [0.1, 0.15) is 0 Å². The van der Waals surface area contributed by atoms with E-state index in [4.69, 9.17) is 4.74 Å². The Morgan fingerprint density at radius 1 is 1.15 bits per heavy atom. The molecule has 0 atom stereocenters. The summed E-state index contributed by atoms with van der Waals surface area (Å²) in [5, 5.41) is 2.38. The van der Waals surface area contributed by atoms with Crippen molar-refractivity contribution in [2.75, 3.05) is 22.9 Å². The number of fused-ring (bicyclic) bond motifs is 1. The zero-order valence-electron chi connectivity index (χ0n) is 13.3. The molecule has 0 spiro atoms. The molecular weight excluding hydrogens is 387 g/mol. The quantitative estimate of drug-likeness (QED) is 0.800. The summed E-state index contributed by atoms with van der Waals surface area (Å²) < 4.78 is 69.8. The third-order valence-electron chi connectivity index (χ3n) is 3.44. The SMILES string of the molecule is CS(=O)(=O)c1cc2c(c(S(=O)(=O)Nc3cccc(F)c3)c1)OCC(=O)N2. The van der Waals surface area contributed by atoms with Crippen molar-refractivity contribution in [3.05, 3.63) is 42.2 Å². The van der Waals surface area contributed by atoms with Crippen molar-refractivity contribution < 1.29 is 30.8 Å². The van der Waals surface area contributed by atoms with Gasteiger partial charge in [-0.05, 0) is 30.3 Å².